The van der Waals surface area contributed by atoms with Crippen LogP contribution >= 0.6 is 0 Å². The molecule has 1 aliphatic rings. The van der Waals surface area contributed by atoms with Crippen LogP contribution in [0.5, 0.6) is 6.01 Å². The SMILES string of the molecule is Cn1c[n+]([C@@H]2O[C@H](CO)[C@@H](O)[C@H]2O)c2nc([O-])[nH]c(=O)c21. The molecule has 10 nitrogen and oxygen atoms in total. The molecule has 0 radical (unpaired) electrons. The van der Waals surface area contributed by atoms with Gasteiger partial charge in [-0.15, -0.1) is 0 Å². The molecule has 0 spiro atoms. The lowest BCUT2D eigenvalue weighted by atomic mass is 10.1. The van der Waals surface area contributed by atoms with Crippen LogP contribution in [0.3, 0.4) is 0 Å². The van der Waals surface area contributed by atoms with Crippen LogP contribution in [0.4, 0.5) is 0 Å². The summed E-state index contributed by atoms with van der Waals surface area (Å²) in [5.41, 5.74) is -0.452. The summed E-state index contributed by atoms with van der Waals surface area (Å²) < 4.78 is 8.08. The van der Waals surface area contributed by atoms with Gasteiger partial charge in [0.25, 0.3) is 5.56 Å². The van der Waals surface area contributed by atoms with Crippen molar-refractivity contribution in [2.45, 2.75) is 24.5 Å². The van der Waals surface area contributed by atoms with Gasteiger partial charge in [0.05, 0.1) is 13.7 Å². The normalized spacial score (nSPS) is 29.3. The minimum Gasteiger partial charge on any atom is -0.832 e. The Labute approximate surface area is 117 Å². The molecule has 21 heavy (non-hydrogen) atoms. The Kier molecular flexibility index (Phi) is 3.17. The molecule has 0 aliphatic carbocycles. The van der Waals surface area contributed by atoms with Gasteiger partial charge in [-0.05, 0) is 0 Å². The van der Waals surface area contributed by atoms with Gasteiger partial charge in [0, 0.05) is 0 Å². The number of hydrogen-bond donors (Lipinski definition) is 4. The lowest BCUT2D eigenvalue weighted by Crippen LogP contribution is -2.46. The summed E-state index contributed by atoms with van der Waals surface area (Å²) in [6.07, 6.45) is -3.20. The molecular weight excluding hydrogens is 284 g/mol. The third kappa shape index (κ3) is 2.00. The highest BCUT2D eigenvalue weighted by Crippen LogP contribution is 2.26. The number of nitrogens with one attached hydrogen (secondary N) is 1. The molecule has 10 heteroatoms. The Morgan fingerprint density at radius 3 is 2.86 bits per heavy atom. The van der Waals surface area contributed by atoms with Crippen LogP contribution in [0.2, 0.25) is 0 Å². The molecule has 0 saturated carbocycles. The molecule has 3 rings (SSSR count). The number of hydrogen-bond acceptors (Lipinski definition) is 7. The van der Waals surface area contributed by atoms with Crippen molar-refractivity contribution in [1.29, 1.82) is 0 Å². The number of fused-ring (bicyclic) bond motifs is 1. The van der Waals surface area contributed by atoms with Gasteiger partial charge in [0.2, 0.25) is 11.7 Å². The minimum atomic E-state index is -1.33. The highest BCUT2D eigenvalue weighted by Gasteiger charge is 2.46. The van der Waals surface area contributed by atoms with Crippen LogP contribution < -0.4 is 15.2 Å². The zero-order valence-corrected chi connectivity index (χ0v) is 11.0. The van der Waals surface area contributed by atoms with E-state index in [0.717, 1.165) is 0 Å². The van der Waals surface area contributed by atoms with Crippen LogP contribution in [0.1, 0.15) is 6.23 Å². The first-order valence-corrected chi connectivity index (χ1v) is 6.24. The number of aromatic amines is 1. The van der Waals surface area contributed by atoms with Gasteiger partial charge in [0.15, 0.2) is 6.33 Å². The second-order valence-electron chi connectivity index (χ2n) is 4.91. The Bertz CT molecular complexity index is 740. The molecule has 4 atom stereocenters. The number of rotatable bonds is 2. The van der Waals surface area contributed by atoms with E-state index in [9.17, 15) is 20.1 Å². The number of H-pyrrole nitrogens is 1. The van der Waals surface area contributed by atoms with Gasteiger partial charge in [-0.1, -0.05) is 4.98 Å². The van der Waals surface area contributed by atoms with Gasteiger partial charge in [-0.2, -0.15) is 0 Å². The van der Waals surface area contributed by atoms with Crippen molar-refractivity contribution >= 4 is 11.2 Å². The van der Waals surface area contributed by atoms with E-state index in [0.29, 0.717) is 0 Å². The van der Waals surface area contributed by atoms with Gasteiger partial charge in [-0.25, -0.2) is 4.57 Å². The number of aliphatic hydroxyl groups is 3. The van der Waals surface area contributed by atoms with E-state index in [1.54, 1.807) is 7.05 Å². The zero-order valence-electron chi connectivity index (χ0n) is 11.0. The molecule has 114 valence electrons. The van der Waals surface area contributed by atoms with E-state index in [4.69, 9.17) is 9.84 Å². The maximum Gasteiger partial charge on any atom is 0.310 e. The summed E-state index contributed by atoms with van der Waals surface area (Å²) >= 11 is 0. The summed E-state index contributed by atoms with van der Waals surface area (Å²) in [6.45, 7) is -0.471. The molecule has 3 heterocycles. The molecule has 0 aromatic carbocycles. The van der Waals surface area contributed by atoms with Crippen molar-refractivity contribution in [2.24, 2.45) is 7.05 Å². The fraction of sp³-hybridized carbons (Fsp3) is 0.545. The van der Waals surface area contributed by atoms with Crippen LogP contribution in [-0.4, -0.2) is 54.8 Å². The predicted octanol–water partition coefficient (Wildman–Crippen LogP) is -3.77. The third-order valence-corrected chi connectivity index (χ3v) is 3.54. The van der Waals surface area contributed by atoms with Crippen molar-refractivity contribution in [3.63, 3.8) is 0 Å². The Morgan fingerprint density at radius 2 is 2.24 bits per heavy atom. The standard InChI is InChI=1S/C11H14N4O6/c1-14-3-15(8-5(14)9(19)13-11(20)12-8)10-7(18)6(17)4(2-16)21-10/h3-4,6-7,10,16-18H,2H2,1H3,(H-,12,13,19,20)/t4-,6-,7-,10-/m1/s1. The summed E-state index contributed by atoms with van der Waals surface area (Å²) in [4.78, 5) is 17.5. The predicted molar refractivity (Wildman–Crippen MR) is 64.0 cm³/mol. The average Bonchev–Trinajstić information content (AvgIpc) is 2.89. The van der Waals surface area contributed by atoms with E-state index in [1.807, 2.05) is 4.98 Å². The Morgan fingerprint density at radius 1 is 1.52 bits per heavy atom. The van der Waals surface area contributed by atoms with Crippen molar-refractivity contribution in [2.75, 3.05) is 6.61 Å². The van der Waals surface area contributed by atoms with Gasteiger partial charge < -0.3 is 30.1 Å². The van der Waals surface area contributed by atoms with Crippen molar-refractivity contribution < 1.29 is 29.7 Å². The monoisotopic (exact) mass is 298 g/mol. The summed E-state index contributed by atoms with van der Waals surface area (Å²) in [5.74, 6) is 0. The van der Waals surface area contributed by atoms with Crippen molar-refractivity contribution in [3.8, 4) is 6.01 Å². The Hall–Kier alpha value is -2.01. The number of imidazole rings is 1. The van der Waals surface area contributed by atoms with E-state index in [1.165, 1.54) is 15.5 Å². The largest absolute Gasteiger partial charge is 0.832 e. The van der Waals surface area contributed by atoms with Crippen LogP contribution in [0.25, 0.3) is 11.2 Å². The molecule has 2 aromatic heterocycles. The number of aliphatic hydroxyl groups excluding tert-OH is 3. The lowest BCUT2D eigenvalue weighted by molar-refractivity contribution is -0.746. The number of aryl methyl sites for hydroxylation is 1. The summed E-state index contributed by atoms with van der Waals surface area (Å²) in [6, 6.07) is -0.820. The fourth-order valence-corrected chi connectivity index (χ4v) is 2.53. The van der Waals surface area contributed by atoms with Crippen LogP contribution in [0, 0.1) is 0 Å². The van der Waals surface area contributed by atoms with E-state index >= 15 is 0 Å². The zero-order chi connectivity index (χ0) is 15.3. The first-order chi connectivity index (χ1) is 9.93. The maximum atomic E-state index is 11.8. The van der Waals surface area contributed by atoms with Crippen molar-refractivity contribution in [3.05, 3.63) is 16.7 Å². The maximum absolute atomic E-state index is 11.8. The molecule has 1 fully saturated rings. The van der Waals surface area contributed by atoms with Crippen molar-refractivity contribution in [1.82, 2.24) is 14.5 Å². The number of aromatic nitrogens is 4. The molecule has 0 unspecified atom stereocenters. The molecular formula is C11H14N4O6. The van der Waals surface area contributed by atoms with Crippen LogP contribution in [0.15, 0.2) is 11.1 Å². The van der Waals surface area contributed by atoms with Gasteiger partial charge in [0.1, 0.15) is 24.3 Å². The minimum absolute atomic E-state index is 0.0288. The molecule has 4 N–H and O–H groups in total. The smallest absolute Gasteiger partial charge is 0.310 e. The number of nitrogens with zero attached hydrogens (tertiary/aromatic N) is 3. The second kappa shape index (κ2) is 4.77. The molecule has 1 saturated heterocycles. The number of ether oxygens (including phenoxy) is 1. The average molecular weight is 298 g/mol. The van der Waals surface area contributed by atoms with E-state index in [-0.39, 0.29) is 11.2 Å². The van der Waals surface area contributed by atoms with Gasteiger partial charge in [-0.3, -0.25) is 9.36 Å². The molecule has 0 amide bonds. The fourth-order valence-electron chi connectivity index (χ4n) is 2.53. The first kappa shape index (κ1) is 13.9. The second-order valence-corrected chi connectivity index (χ2v) is 4.91. The summed E-state index contributed by atoms with van der Waals surface area (Å²) in [5, 5.41) is 40.2. The van der Waals surface area contributed by atoms with E-state index in [2.05, 4.69) is 4.98 Å². The highest BCUT2D eigenvalue weighted by atomic mass is 16.6. The summed E-state index contributed by atoms with van der Waals surface area (Å²) in [7, 11) is 1.57. The topological polar surface area (TPSA) is 148 Å². The highest BCUT2D eigenvalue weighted by molar-refractivity contribution is 5.65. The molecule has 0 bridgehead atoms. The Balaban J connectivity index is 2.16. The third-order valence-electron chi connectivity index (χ3n) is 3.54. The van der Waals surface area contributed by atoms with Gasteiger partial charge >= 0.3 is 5.65 Å². The molecule has 1 aliphatic heterocycles. The lowest BCUT2D eigenvalue weighted by Gasteiger charge is -2.12. The molecule has 2 aromatic rings. The first-order valence-electron chi connectivity index (χ1n) is 6.24. The van der Waals surface area contributed by atoms with E-state index < -0.39 is 42.7 Å². The quantitative estimate of drug-likeness (QED) is 0.416. The van der Waals surface area contributed by atoms with Crippen LogP contribution in [-0.2, 0) is 11.8 Å².